The lowest BCUT2D eigenvalue weighted by Gasteiger charge is -2.32. The monoisotopic (exact) mass is 421 g/mol. The van der Waals surface area contributed by atoms with Gasteiger partial charge in [0.1, 0.15) is 18.1 Å². The minimum atomic E-state index is -4.05. The predicted molar refractivity (Wildman–Crippen MR) is 108 cm³/mol. The highest BCUT2D eigenvalue weighted by Gasteiger charge is 2.29. The quantitative estimate of drug-likeness (QED) is 0.564. The fraction of sp³-hybridized carbons (Fsp3) is 0.368. The van der Waals surface area contributed by atoms with E-state index in [4.69, 9.17) is 9.47 Å². The molecule has 156 valence electrons. The lowest BCUT2D eigenvalue weighted by Crippen LogP contribution is -2.38. The van der Waals surface area contributed by atoms with Gasteiger partial charge >= 0.3 is 0 Å². The first-order valence-electron chi connectivity index (χ1n) is 8.91. The van der Waals surface area contributed by atoms with Crippen molar-refractivity contribution in [2.75, 3.05) is 32.5 Å². The number of nitro benzene ring substituents is 1. The van der Waals surface area contributed by atoms with Crippen molar-refractivity contribution in [2.45, 2.75) is 24.3 Å². The maximum absolute atomic E-state index is 12.9. The average Bonchev–Trinajstić information content (AvgIpc) is 2.67. The molecule has 1 aliphatic rings. The van der Waals surface area contributed by atoms with Crippen LogP contribution < -0.4 is 14.2 Å². The Morgan fingerprint density at radius 3 is 2.62 bits per heavy atom. The van der Waals surface area contributed by atoms with Crippen LogP contribution in [0, 0.1) is 17.0 Å². The molecule has 0 bridgehead atoms. The van der Waals surface area contributed by atoms with Crippen molar-refractivity contribution in [2.24, 2.45) is 0 Å². The molecule has 0 aromatic heterocycles. The van der Waals surface area contributed by atoms with E-state index < -0.39 is 14.9 Å². The zero-order valence-corrected chi connectivity index (χ0v) is 17.4. The van der Waals surface area contributed by atoms with E-state index in [1.165, 1.54) is 12.1 Å². The van der Waals surface area contributed by atoms with Crippen molar-refractivity contribution in [3.8, 4) is 11.5 Å². The first kappa shape index (κ1) is 20.9. The van der Waals surface area contributed by atoms with Crippen LogP contribution in [0.25, 0.3) is 0 Å². The van der Waals surface area contributed by atoms with E-state index in [0.717, 1.165) is 11.6 Å². The zero-order chi connectivity index (χ0) is 21.3. The van der Waals surface area contributed by atoms with Crippen molar-refractivity contribution < 1.29 is 22.8 Å². The Labute approximate surface area is 169 Å². The van der Waals surface area contributed by atoms with Crippen LogP contribution in [0.5, 0.6) is 11.5 Å². The van der Waals surface area contributed by atoms with E-state index in [2.05, 4.69) is 4.72 Å². The average molecular weight is 421 g/mol. The van der Waals surface area contributed by atoms with E-state index in [-0.39, 0.29) is 22.3 Å². The summed E-state index contributed by atoms with van der Waals surface area (Å²) in [5.41, 5.74) is 1.16. The SMILES string of the molecule is COc1ccc(NS(=O)(=O)c2ccc(C)c([N+](=O)[O-])c2)c2c1C[C@@H](N(C)C)CO2. The van der Waals surface area contributed by atoms with Crippen LogP contribution in [0.15, 0.2) is 35.2 Å². The summed E-state index contributed by atoms with van der Waals surface area (Å²) in [6.45, 7) is 1.95. The van der Waals surface area contributed by atoms with Crippen LogP contribution in [0.1, 0.15) is 11.1 Å². The number of nitrogens with one attached hydrogen (secondary N) is 1. The summed E-state index contributed by atoms with van der Waals surface area (Å²) in [5.74, 6) is 1.02. The number of rotatable bonds is 6. The number of ether oxygens (including phenoxy) is 2. The third-order valence-electron chi connectivity index (χ3n) is 4.96. The predicted octanol–water partition coefficient (Wildman–Crippen LogP) is 2.58. The summed E-state index contributed by atoms with van der Waals surface area (Å²) in [7, 11) is 1.38. The summed E-state index contributed by atoms with van der Waals surface area (Å²) in [6.07, 6.45) is 0.636. The number of fused-ring (bicyclic) bond motifs is 1. The lowest BCUT2D eigenvalue weighted by molar-refractivity contribution is -0.385. The number of anilines is 1. The van der Waals surface area contributed by atoms with Crippen LogP contribution in [0.4, 0.5) is 11.4 Å². The Morgan fingerprint density at radius 1 is 1.28 bits per heavy atom. The molecule has 0 radical (unpaired) electrons. The molecule has 3 rings (SSSR count). The molecule has 2 aromatic carbocycles. The molecule has 0 saturated heterocycles. The van der Waals surface area contributed by atoms with Gasteiger partial charge in [-0.15, -0.1) is 0 Å². The van der Waals surface area contributed by atoms with Crippen LogP contribution in [-0.4, -0.2) is 52.1 Å². The van der Waals surface area contributed by atoms with E-state index in [9.17, 15) is 18.5 Å². The fourth-order valence-electron chi connectivity index (χ4n) is 3.20. The van der Waals surface area contributed by atoms with Crippen molar-refractivity contribution >= 4 is 21.4 Å². The molecule has 9 nitrogen and oxygen atoms in total. The summed E-state index contributed by atoms with van der Waals surface area (Å²) < 4.78 is 39.5. The molecule has 0 saturated carbocycles. The molecule has 1 aliphatic heterocycles. The molecule has 0 amide bonds. The molecular weight excluding hydrogens is 398 g/mol. The molecule has 1 atom stereocenters. The minimum Gasteiger partial charge on any atom is -0.496 e. The van der Waals surface area contributed by atoms with Crippen molar-refractivity contribution in [3.05, 3.63) is 51.6 Å². The van der Waals surface area contributed by atoms with E-state index >= 15 is 0 Å². The molecule has 1 heterocycles. The molecule has 0 fully saturated rings. The normalized spacial score (nSPS) is 16.1. The van der Waals surface area contributed by atoms with Gasteiger partial charge in [-0.25, -0.2) is 8.42 Å². The highest BCUT2D eigenvalue weighted by atomic mass is 32.2. The number of sulfonamides is 1. The smallest absolute Gasteiger partial charge is 0.273 e. The number of hydrogen-bond acceptors (Lipinski definition) is 7. The second kappa shape index (κ2) is 7.88. The summed E-state index contributed by atoms with van der Waals surface area (Å²) in [5, 5.41) is 11.2. The summed E-state index contributed by atoms with van der Waals surface area (Å²) >= 11 is 0. The Morgan fingerprint density at radius 2 is 2.00 bits per heavy atom. The molecule has 29 heavy (non-hydrogen) atoms. The van der Waals surface area contributed by atoms with Crippen LogP contribution in [0.2, 0.25) is 0 Å². The topological polar surface area (TPSA) is 111 Å². The maximum atomic E-state index is 12.9. The van der Waals surface area contributed by atoms with Gasteiger partial charge in [0.25, 0.3) is 15.7 Å². The fourth-order valence-corrected chi connectivity index (χ4v) is 4.28. The van der Waals surface area contributed by atoms with Crippen molar-refractivity contribution in [1.82, 2.24) is 4.90 Å². The van der Waals surface area contributed by atoms with Gasteiger partial charge in [-0.3, -0.25) is 14.8 Å². The van der Waals surface area contributed by atoms with E-state index in [1.54, 1.807) is 26.2 Å². The summed E-state index contributed by atoms with van der Waals surface area (Å²) in [4.78, 5) is 12.4. The molecule has 2 aromatic rings. The second-order valence-electron chi connectivity index (χ2n) is 7.07. The Balaban J connectivity index is 2.00. The largest absolute Gasteiger partial charge is 0.496 e. The molecule has 0 unspecified atom stereocenters. The number of aryl methyl sites for hydroxylation is 1. The van der Waals surface area contributed by atoms with Crippen LogP contribution in [0.3, 0.4) is 0 Å². The molecular formula is C19H23N3O6S. The molecule has 10 heteroatoms. The Hall–Kier alpha value is -2.85. The van der Waals surface area contributed by atoms with Gasteiger partial charge < -0.3 is 14.4 Å². The Kier molecular flexibility index (Phi) is 5.67. The van der Waals surface area contributed by atoms with E-state index in [0.29, 0.717) is 30.1 Å². The standard InChI is InChI=1S/C19H23N3O6S/c1-12-5-6-14(10-17(12)22(23)24)29(25,26)20-16-7-8-18(27-4)15-9-13(21(2)3)11-28-19(15)16/h5-8,10,13,20H,9,11H2,1-4H3/t13-/m1/s1. The molecule has 0 spiro atoms. The third-order valence-corrected chi connectivity index (χ3v) is 6.32. The van der Waals surface area contributed by atoms with Gasteiger partial charge in [0.2, 0.25) is 0 Å². The number of hydrogen-bond donors (Lipinski definition) is 1. The third kappa shape index (κ3) is 4.13. The minimum absolute atomic E-state index is 0.128. The van der Waals surface area contributed by atoms with Gasteiger partial charge in [-0.2, -0.15) is 0 Å². The second-order valence-corrected chi connectivity index (χ2v) is 8.75. The number of likely N-dealkylation sites (N-methyl/N-ethyl adjacent to an activating group) is 1. The van der Waals surface area contributed by atoms with Gasteiger partial charge in [0.15, 0.2) is 0 Å². The highest BCUT2D eigenvalue weighted by Crippen LogP contribution is 2.40. The van der Waals surface area contributed by atoms with Crippen LogP contribution >= 0.6 is 0 Å². The van der Waals surface area contributed by atoms with Gasteiger partial charge in [-0.1, -0.05) is 6.07 Å². The Bertz CT molecular complexity index is 1050. The zero-order valence-electron chi connectivity index (χ0n) is 16.6. The van der Waals surface area contributed by atoms with Crippen molar-refractivity contribution in [3.63, 3.8) is 0 Å². The van der Waals surface area contributed by atoms with Gasteiger partial charge in [-0.05, 0) is 45.6 Å². The van der Waals surface area contributed by atoms with Gasteiger partial charge in [0.05, 0.1) is 22.6 Å². The first-order chi connectivity index (χ1) is 13.6. The van der Waals surface area contributed by atoms with E-state index in [1.807, 2.05) is 19.0 Å². The number of nitro groups is 1. The maximum Gasteiger partial charge on any atom is 0.273 e. The van der Waals surface area contributed by atoms with Crippen molar-refractivity contribution in [1.29, 1.82) is 0 Å². The number of nitrogens with zero attached hydrogens (tertiary/aromatic N) is 2. The molecule has 0 aliphatic carbocycles. The first-order valence-corrected chi connectivity index (χ1v) is 10.4. The van der Waals surface area contributed by atoms with Gasteiger partial charge in [0, 0.05) is 23.2 Å². The summed E-state index contributed by atoms with van der Waals surface area (Å²) in [6, 6.07) is 7.17. The molecule has 1 N–H and O–H groups in total. The lowest BCUT2D eigenvalue weighted by atomic mass is 10.00. The number of benzene rings is 2. The number of methoxy groups -OCH3 is 1. The van der Waals surface area contributed by atoms with Crippen LogP contribution in [-0.2, 0) is 16.4 Å². The highest BCUT2D eigenvalue weighted by molar-refractivity contribution is 7.92.